The fourth-order valence-corrected chi connectivity index (χ4v) is 4.47. The number of rotatable bonds is 4. The molecule has 6 rings (SSSR count). The predicted octanol–water partition coefficient (Wildman–Crippen LogP) is 6.41. The Labute approximate surface area is 204 Å². The Morgan fingerprint density at radius 3 is 2.69 bits per heavy atom. The first-order valence-corrected chi connectivity index (χ1v) is 12.0. The van der Waals surface area contributed by atoms with Crippen LogP contribution in [0.25, 0.3) is 11.3 Å². The normalized spacial score (nSPS) is 17.9. The Bertz CT molecular complexity index is 1350. The van der Waals surface area contributed by atoms with E-state index in [1.165, 1.54) is 0 Å². The highest BCUT2D eigenvalue weighted by Gasteiger charge is 2.35. The minimum absolute atomic E-state index is 0.0185. The third-order valence-corrected chi connectivity index (χ3v) is 6.23. The molecular weight excluding hydrogens is 440 g/mol. The van der Waals surface area contributed by atoms with E-state index in [1.807, 2.05) is 62.5 Å². The number of hydrogen-bond acceptors (Lipinski definition) is 5. The van der Waals surface area contributed by atoms with Crippen molar-refractivity contribution in [1.29, 1.82) is 0 Å². The molecule has 7 nitrogen and oxygen atoms in total. The van der Waals surface area contributed by atoms with Crippen LogP contribution in [0.4, 0.5) is 5.82 Å². The van der Waals surface area contributed by atoms with Crippen molar-refractivity contribution in [3.8, 4) is 28.5 Å². The molecule has 0 fully saturated rings. The second kappa shape index (κ2) is 9.62. The molecule has 2 unspecified atom stereocenters. The highest BCUT2D eigenvalue weighted by Crippen LogP contribution is 2.47. The quantitative estimate of drug-likeness (QED) is 0.361. The number of fused-ring (bicyclic) bond motifs is 2. The summed E-state index contributed by atoms with van der Waals surface area (Å²) >= 11 is 0. The van der Waals surface area contributed by atoms with Gasteiger partial charge in [-0.25, -0.2) is 9.97 Å². The van der Waals surface area contributed by atoms with Crippen LogP contribution in [0.1, 0.15) is 56.2 Å². The van der Waals surface area contributed by atoms with Gasteiger partial charge in [-0.3, -0.25) is 4.79 Å². The predicted molar refractivity (Wildman–Crippen MR) is 135 cm³/mol. The van der Waals surface area contributed by atoms with E-state index in [-0.39, 0.29) is 17.9 Å². The molecule has 35 heavy (non-hydrogen) atoms. The lowest BCUT2D eigenvalue weighted by Crippen LogP contribution is -2.20. The molecule has 1 amide bonds. The molecule has 2 aromatic heterocycles. The number of ether oxygens (including phenoxy) is 2. The van der Waals surface area contributed by atoms with Gasteiger partial charge in [0, 0.05) is 29.7 Å². The van der Waals surface area contributed by atoms with E-state index in [9.17, 15) is 4.79 Å². The van der Waals surface area contributed by atoms with Crippen LogP contribution in [0.2, 0.25) is 0 Å². The third-order valence-electron chi connectivity index (χ3n) is 6.23. The molecule has 2 aliphatic heterocycles. The molecule has 4 heterocycles. The maximum absolute atomic E-state index is 11.7. The maximum atomic E-state index is 11.7. The number of H-pyrrole nitrogens is 1. The van der Waals surface area contributed by atoms with Gasteiger partial charge in [0.2, 0.25) is 5.91 Å². The number of nitrogens with one attached hydrogen (secondary N) is 2. The standard InChI is InChI=1S/C26H22N4O3.C2H6/c1-15-19-13-17(32-22-11-12-27-25-18(22)8-10-23(31)30-25)7-9-21(19)33-24(15)26-28-14-20(29-26)16-5-3-2-4-6-16;1-2/h2-7,9,11-15,24H,8,10H2,1H3,(H,28,29)(H,27,30,31);1-2H3. The second-order valence-corrected chi connectivity index (χ2v) is 8.36. The number of nitrogens with zero attached hydrogens (tertiary/aromatic N) is 2. The Kier molecular flexibility index (Phi) is 6.23. The van der Waals surface area contributed by atoms with Crippen molar-refractivity contribution >= 4 is 11.7 Å². The molecule has 2 atom stereocenters. The molecule has 178 valence electrons. The van der Waals surface area contributed by atoms with Gasteiger partial charge in [0.05, 0.1) is 11.9 Å². The maximum Gasteiger partial charge on any atom is 0.225 e. The number of aromatic amines is 1. The van der Waals surface area contributed by atoms with Gasteiger partial charge < -0.3 is 19.8 Å². The molecule has 7 heteroatoms. The molecule has 0 saturated heterocycles. The molecule has 0 bridgehead atoms. The van der Waals surface area contributed by atoms with Crippen LogP contribution in [0.5, 0.6) is 17.2 Å². The minimum atomic E-state index is -0.198. The van der Waals surface area contributed by atoms with E-state index in [0.29, 0.717) is 24.4 Å². The van der Waals surface area contributed by atoms with Gasteiger partial charge in [0.1, 0.15) is 28.9 Å². The highest BCUT2D eigenvalue weighted by molar-refractivity contribution is 5.93. The van der Waals surface area contributed by atoms with Crippen molar-refractivity contribution in [2.24, 2.45) is 0 Å². The fourth-order valence-electron chi connectivity index (χ4n) is 4.47. The van der Waals surface area contributed by atoms with Crippen molar-refractivity contribution in [3.63, 3.8) is 0 Å². The summed E-state index contributed by atoms with van der Waals surface area (Å²) in [7, 11) is 0. The van der Waals surface area contributed by atoms with Gasteiger partial charge in [0.25, 0.3) is 0 Å². The average Bonchev–Trinajstić information content (AvgIpc) is 3.51. The molecule has 2 aromatic carbocycles. The summed E-state index contributed by atoms with van der Waals surface area (Å²) < 4.78 is 12.5. The van der Waals surface area contributed by atoms with Crippen LogP contribution < -0.4 is 14.8 Å². The average molecular weight is 469 g/mol. The Hall–Kier alpha value is -4.13. The number of hydrogen-bond donors (Lipinski definition) is 2. The number of amides is 1. The van der Waals surface area contributed by atoms with Gasteiger partial charge >= 0.3 is 0 Å². The SMILES string of the molecule is CC.CC1c2cc(Oc3ccnc4c3CCC(=O)N4)ccc2OC1c1ncc(-c2ccccc2)[nH]1. The number of imidazole rings is 1. The first-order chi connectivity index (χ1) is 17.2. The minimum Gasteiger partial charge on any atom is -0.482 e. The van der Waals surface area contributed by atoms with Gasteiger partial charge in [-0.2, -0.15) is 0 Å². The molecule has 4 aromatic rings. The van der Waals surface area contributed by atoms with E-state index in [0.717, 1.165) is 39.7 Å². The van der Waals surface area contributed by atoms with Crippen LogP contribution in [-0.4, -0.2) is 20.9 Å². The number of anilines is 1. The summed E-state index contributed by atoms with van der Waals surface area (Å²) in [6.45, 7) is 6.13. The van der Waals surface area contributed by atoms with Crippen LogP contribution in [0.15, 0.2) is 67.0 Å². The molecule has 2 N–H and O–H groups in total. The summed E-state index contributed by atoms with van der Waals surface area (Å²) in [6.07, 6.45) is 4.34. The smallest absolute Gasteiger partial charge is 0.225 e. The van der Waals surface area contributed by atoms with Crippen molar-refractivity contribution < 1.29 is 14.3 Å². The second-order valence-electron chi connectivity index (χ2n) is 8.36. The van der Waals surface area contributed by atoms with E-state index in [1.54, 1.807) is 6.20 Å². The van der Waals surface area contributed by atoms with Gasteiger partial charge in [-0.15, -0.1) is 0 Å². The number of carbonyl (C=O) groups excluding carboxylic acids is 1. The summed E-state index contributed by atoms with van der Waals surface area (Å²) in [5.41, 5.74) is 4.05. The molecule has 0 radical (unpaired) electrons. The topological polar surface area (TPSA) is 89.1 Å². The fraction of sp³-hybridized carbons (Fsp3) is 0.250. The first kappa shape index (κ1) is 22.7. The number of pyridine rings is 1. The van der Waals surface area contributed by atoms with E-state index in [2.05, 4.69) is 39.3 Å². The Morgan fingerprint density at radius 2 is 1.86 bits per heavy atom. The molecule has 0 spiro atoms. The molecule has 0 aliphatic carbocycles. The van der Waals surface area contributed by atoms with E-state index < -0.39 is 0 Å². The summed E-state index contributed by atoms with van der Waals surface area (Å²) in [5, 5.41) is 2.81. The zero-order chi connectivity index (χ0) is 24.4. The lowest BCUT2D eigenvalue weighted by molar-refractivity contribution is -0.116. The summed E-state index contributed by atoms with van der Waals surface area (Å²) in [6, 6.07) is 17.8. The van der Waals surface area contributed by atoms with Crippen molar-refractivity contribution in [2.75, 3.05) is 5.32 Å². The van der Waals surface area contributed by atoms with Crippen LogP contribution in [-0.2, 0) is 11.2 Å². The summed E-state index contributed by atoms with van der Waals surface area (Å²) in [5.74, 6) is 3.73. The van der Waals surface area contributed by atoms with E-state index in [4.69, 9.17) is 9.47 Å². The molecule has 2 aliphatic rings. The third kappa shape index (κ3) is 4.37. The lowest BCUT2D eigenvalue weighted by atomic mass is 9.97. The van der Waals surface area contributed by atoms with Gasteiger partial charge in [0.15, 0.2) is 6.10 Å². The highest BCUT2D eigenvalue weighted by atomic mass is 16.5. The first-order valence-electron chi connectivity index (χ1n) is 12.0. The Balaban J connectivity index is 0.00000124. The number of aromatic nitrogens is 3. The monoisotopic (exact) mass is 468 g/mol. The zero-order valence-corrected chi connectivity index (χ0v) is 20.0. The number of benzene rings is 2. The zero-order valence-electron chi connectivity index (χ0n) is 20.0. The van der Waals surface area contributed by atoms with Crippen molar-refractivity contribution in [2.45, 2.75) is 45.6 Å². The van der Waals surface area contributed by atoms with Crippen LogP contribution >= 0.6 is 0 Å². The molecular formula is C28H28N4O3. The molecule has 0 saturated carbocycles. The largest absolute Gasteiger partial charge is 0.482 e. The van der Waals surface area contributed by atoms with Gasteiger partial charge in [-0.05, 0) is 36.2 Å². The lowest BCUT2D eigenvalue weighted by Gasteiger charge is -2.19. The number of carbonyl (C=O) groups is 1. The van der Waals surface area contributed by atoms with Crippen molar-refractivity contribution in [3.05, 3.63) is 83.9 Å². The van der Waals surface area contributed by atoms with Crippen LogP contribution in [0, 0.1) is 0 Å². The summed E-state index contributed by atoms with van der Waals surface area (Å²) in [4.78, 5) is 24.0. The van der Waals surface area contributed by atoms with Crippen molar-refractivity contribution in [1.82, 2.24) is 15.0 Å². The van der Waals surface area contributed by atoms with E-state index >= 15 is 0 Å². The van der Waals surface area contributed by atoms with Gasteiger partial charge in [-0.1, -0.05) is 51.1 Å². The van der Waals surface area contributed by atoms with Crippen LogP contribution in [0.3, 0.4) is 0 Å². The Morgan fingerprint density at radius 1 is 1.03 bits per heavy atom.